The SMILES string of the molecule is Cc1cc(C)c2c(c1)c(C(C)O)cn2CCCO. The first-order chi connectivity index (χ1) is 8.54. The van der Waals surface area contributed by atoms with Crippen LogP contribution < -0.4 is 0 Å². The Hall–Kier alpha value is -1.32. The highest BCUT2D eigenvalue weighted by Gasteiger charge is 2.14. The number of nitrogens with zero attached hydrogens (tertiary/aromatic N) is 1. The number of rotatable bonds is 4. The smallest absolute Gasteiger partial charge is 0.0782 e. The number of fused-ring (bicyclic) bond motifs is 1. The third kappa shape index (κ3) is 2.28. The van der Waals surface area contributed by atoms with Crippen molar-refractivity contribution in [3.8, 4) is 0 Å². The molecule has 0 aliphatic rings. The highest BCUT2D eigenvalue weighted by molar-refractivity contribution is 5.87. The molecule has 0 saturated heterocycles. The maximum absolute atomic E-state index is 9.88. The van der Waals surface area contributed by atoms with Crippen LogP contribution in [0, 0.1) is 13.8 Å². The fourth-order valence-corrected chi connectivity index (χ4v) is 2.61. The predicted molar refractivity (Wildman–Crippen MR) is 73.7 cm³/mol. The van der Waals surface area contributed by atoms with Gasteiger partial charge in [0.15, 0.2) is 0 Å². The number of benzene rings is 1. The molecule has 18 heavy (non-hydrogen) atoms. The maximum atomic E-state index is 9.88. The van der Waals surface area contributed by atoms with Crippen LogP contribution >= 0.6 is 0 Å². The molecule has 1 aromatic carbocycles. The van der Waals surface area contributed by atoms with Crippen LogP contribution in [0.5, 0.6) is 0 Å². The zero-order chi connectivity index (χ0) is 13.3. The second-order valence-electron chi connectivity index (χ2n) is 5.01. The molecule has 3 heteroatoms. The number of aliphatic hydroxyl groups is 2. The zero-order valence-corrected chi connectivity index (χ0v) is 11.3. The van der Waals surface area contributed by atoms with Crippen molar-refractivity contribution >= 4 is 10.9 Å². The van der Waals surface area contributed by atoms with Gasteiger partial charge >= 0.3 is 0 Å². The van der Waals surface area contributed by atoms with Crippen LogP contribution in [0.1, 0.15) is 36.1 Å². The van der Waals surface area contributed by atoms with Gasteiger partial charge in [0, 0.05) is 30.3 Å². The minimum atomic E-state index is -0.468. The molecule has 0 amide bonds. The summed E-state index contributed by atoms with van der Waals surface area (Å²) in [5.41, 5.74) is 4.57. The maximum Gasteiger partial charge on any atom is 0.0782 e. The summed E-state index contributed by atoms with van der Waals surface area (Å²) in [6, 6.07) is 4.28. The van der Waals surface area contributed by atoms with E-state index in [1.807, 2.05) is 6.20 Å². The van der Waals surface area contributed by atoms with Gasteiger partial charge in [-0.2, -0.15) is 0 Å². The third-order valence-corrected chi connectivity index (χ3v) is 3.35. The van der Waals surface area contributed by atoms with E-state index >= 15 is 0 Å². The van der Waals surface area contributed by atoms with Crippen LogP contribution in [0.3, 0.4) is 0 Å². The Bertz CT molecular complexity index is 555. The van der Waals surface area contributed by atoms with Crippen molar-refractivity contribution in [1.82, 2.24) is 4.57 Å². The first-order valence-corrected chi connectivity index (χ1v) is 6.43. The topological polar surface area (TPSA) is 45.4 Å². The molecular formula is C15H21NO2. The van der Waals surface area contributed by atoms with E-state index in [1.54, 1.807) is 6.92 Å². The van der Waals surface area contributed by atoms with Crippen molar-refractivity contribution in [2.24, 2.45) is 0 Å². The van der Waals surface area contributed by atoms with Gasteiger partial charge in [-0.05, 0) is 38.8 Å². The summed E-state index contributed by atoms with van der Waals surface area (Å²) in [6.45, 7) is 6.93. The molecule has 3 nitrogen and oxygen atoms in total. The minimum absolute atomic E-state index is 0.189. The lowest BCUT2D eigenvalue weighted by Gasteiger charge is -2.07. The van der Waals surface area contributed by atoms with E-state index < -0.39 is 6.10 Å². The zero-order valence-electron chi connectivity index (χ0n) is 11.3. The Morgan fingerprint density at radius 1 is 1.28 bits per heavy atom. The van der Waals surface area contributed by atoms with E-state index in [2.05, 4.69) is 30.5 Å². The fraction of sp³-hybridized carbons (Fsp3) is 0.467. The van der Waals surface area contributed by atoms with Gasteiger partial charge in [0.2, 0.25) is 0 Å². The van der Waals surface area contributed by atoms with Crippen LogP contribution in [0.4, 0.5) is 0 Å². The van der Waals surface area contributed by atoms with Gasteiger partial charge in [-0.3, -0.25) is 0 Å². The third-order valence-electron chi connectivity index (χ3n) is 3.35. The van der Waals surface area contributed by atoms with Gasteiger partial charge in [-0.15, -0.1) is 0 Å². The fourth-order valence-electron chi connectivity index (χ4n) is 2.61. The van der Waals surface area contributed by atoms with Crippen molar-refractivity contribution < 1.29 is 10.2 Å². The van der Waals surface area contributed by atoms with Crippen LogP contribution in [-0.2, 0) is 6.54 Å². The van der Waals surface area contributed by atoms with Crippen molar-refractivity contribution in [1.29, 1.82) is 0 Å². The van der Waals surface area contributed by atoms with E-state index in [0.717, 1.165) is 23.9 Å². The highest BCUT2D eigenvalue weighted by atomic mass is 16.3. The molecular weight excluding hydrogens is 226 g/mol. The van der Waals surface area contributed by atoms with E-state index in [1.165, 1.54) is 16.6 Å². The molecule has 2 aromatic rings. The number of hydrogen-bond donors (Lipinski definition) is 2. The molecule has 0 bridgehead atoms. The quantitative estimate of drug-likeness (QED) is 0.872. The van der Waals surface area contributed by atoms with Crippen LogP contribution in [-0.4, -0.2) is 21.4 Å². The summed E-state index contributed by atoms with van der Waals surface area (Å²) in [7, 11) is 0. The standard InChI is InChI=1S/C15H21NO2/c1-10-7-11(2)15-13(8-10)14(12(3)18)9-16(15)5-4-6-17/h7-9,12,17-18H,4-6H2,1-3H3. The van der Waals surface area contributed by atoms with E-state index in [-0.39, 0.29) is 6.61 Å². The molecule has 1 atom stereocenters. The molecule has 0 fully saturated rings. The molecule has 2 N–H and O–H groups in total. The van der Waals surface area contributed by atoms with Crippen molar-refractivity contribution in [2.45, 2.75) is 39.8 Å². The normalized spacial score (nSPS) is 13.2. The first kappa shape index (κ1) is 13.1. The Labute approximate surface area is 108 Å². The van der Waals surface area contributed by atoms with E-state index in [4.69, 9.17) is 5.11 Å². The van der Waals surface area contributed by atoms with Crippen molar-refractivity contribution in [3.63, 3.8) is 0 Å². The second-order valence-corrected chi connectivity index (χ2v) is 5.01. The lowest BCUT2D eigenvalue weighted by atomic mass is 10.0. The molecule has 1 unspecified atom stereocenters. The summed E-state index contributed by atoms with van der Waals surface area (Å²) in [6.07, 6.45) is 2.28. The lowest BCUT2D eigenvalue weighted by Crippen LogP contribution is -1.99. The highest BCUT2D eigenvalue weighted by Crippen LogP contribution is 2.30. The van der Waals surface area contributed by atoms with Gasteiger partial charge in [0.1, 0.15) is 0 Å². The van der Waals surface area contributed by atoms with Crippen LogP contribution in [0.15, 0.2) is 18.3 Å². The van der Waals surface area contributed by atoms with Crippen LogP contribution in [0.25, 0.3) is 10.9 Å². The Balaban J connectivity index is 2.64. The van der Waals surface area contributed by atoms with Gasteiger partial charge in [-0.1, -0.05) is 11.6 Å². The van der Waals surface area contributed by atoms with Gasteiger partial charge in [0.05, 0.1) is 11.6 Å². The summed E-state index contributed by atoms with van der Waals surface area (Å²) in [5.74, 6) is 0. The summed E-state index contributed by atoms with van der Waals surface area (Å²) < 4.78 is 2.14. The second kappa shape index (κ2) is 5.12. The summed E-state index contributed by atoms with van der Waals surface area (Å²) >= 11 is 0. The summed E-state index contributed by atoms with van der Waals surface area (Å²) in [5, 5.41) is 20.0. The largest absolute Gasteiger partial charge is 0.396 e. The number of aliphatic hydroxyl groups excluding tert-OH is 2. The van der Waals surface area contributed by atoms with Crippen molar-refractivity contribution in [2.75, 3.05) is 6.61 Å². The number of hydrogen-bond acceptors (Lipinski definition) is 2. The number of aryl methyl sites for hydroxylation is 3. The Morgan fingerprint density at radius 2 is 2.00 bits per heavy atom. The molecule has 0 aliphatic heterocycles. The molecule has 1 aromatic heterocycles. The van der Waals surface area contributed by atoms with E-state index in [9.17, 15) is 5.11 Å². The van der Waals surface area contributed by atoms with Gasteiger partial charge < -0.3 is 14.8 Å². The van der Waals surface area contributed by atoms with Gasteiger partial charge in [-0.25, -0.2) is 0 Å². The molecule has 98 valence electrons. The molecule has 0 radical (unpaired) electrons. The molecule has 0 saturated carbocycles. The molecule has 2 rings (SSSR count). The minimum Gasteiger partial charge on any atom is -0.396 e. The lowest BCUT2D eigenvalue weighted by molar-refractivity contribution is 0.200. The molecule has 0 aliphatic carbocycles. The van der Waals surface area contributed by atoms with Crippen molar-refractivity contribution in [3.05, 3.63) is 35.0 Å². The van der Waals surface area contributed by atoms with Gasteiger partial charge in [0.25, 0.3) is 0 Å². The molecule has 0 spiro atoms. The average Bonchev–Trinajstić information content (AvgIpc) is 2.65. The molecule has 1 heterocycles. The first-order valence-electron chi connectivity index (χ1n) is 6.43. The van der Waals surface area contributed by atoms with Crippen LogP contribution in [0.2, 0.25) is 0 Å². The summed E-state index contributed by atoms with van der Waals surface area (Å²) in [4.78, 5) is 0. The number of aromatic nitrogens is 1. The monoisotopic (exact) mass is 247 g/mol. The predicted octanol–water partition coefficient (Wildman–Crippen LogP) is 2.69. The average molecular weight is 247 g/mol. The Kier molecular flexibility index (Phi) is 3.73. The van der Waals surface area contributed by atoms with E-state index in [0.29, 0.717) is 0 Å². The Morgan fingerprint density at radius 3 is 2.61 bits per heavy atom.